The van der Waals surface area contributed by atoms with E-state index in [1.54, 1.807) is 0 Å². The SMILES string of the molecule is CCOC(CCNC(=NC)NC1C2CCOC2C1(C)C)C(C)C. The van der Waals surface area contributed by atoms with Gasteiger partial charge in [-0.15, -0.1) is 0 Å². The molecule has 4 unspecified atom stereocenters. The third-order valence-corrected chi connectivity index (χ3v) is 5.46. The molecular formula is C18H35N3O2. The second-order valence-corrected chi connectivity index (χ2v) is 7.71. The number of nitrogens with one attached hydrogen (secondary N) is 2. The molecule has 1 saturated heterocycles. The van der Waals surface area contributed by atoms with E-state index in [0.717, 1.165) is 38.6 Å². The Morgan fingerprint density at radius 2 is 2.13 bits per heavy atom. The lowest BCUT2D eigenvalue weighted by atomic mass is 9.57. The molecular weight excluding hydrogens is 290 g/mol. The van der Waals surface area contributed by atoms with Gasteiger partial charge in [0.25, 0.3) is 0 Å². The summed E-state index contributed by atoms with van der Waals surface area (Å²) in [5.41, 5.74) is 0.171. The highest BCUT2D eigenvalue weighted by molar-refractivity contribution is 5.80. The highest BCUT2D eigenvalue weighted by Gasteiger charge is 2.59. The molecule has 0 radical (unpaired) electrons. The number of ether oxygens (including phenoxy) is 2. The van der Waals surface area contributed by atoms with Crippen molar-refractivity contribution in [2.45, 2.75) is 65.7 Å². The molecule has 2 aliphatic rings. The molecule has 0 aromatic rings. The molecule has 2 rings (SSSR count). The fourth-order valence-electron chi connectivity index (χ4n) is 4.12. The number of hydrogen-bond acceptors (Lipinski definition) is 3. The monoisotopic (exact) mass is 325 g/mol. The number of aliphatic imine (C=N–C) groups is 1. The number of guanidine groups is 1. The summed E-state index contributed by atoms with van der Waals surface area (Å²) in [5.74, 6) is 2.05. The van der Waals surface area contributed by atoms with Crippen LogP contribution in [-0.2, 0) is 9.47 Å². The normalized spacial score (nSPS) is 30.7. The van der Waals surface area contributed by atoms with Crippen molar-refractivity contribution in [3.63, 3.8) is 0 Å². The van der Waals surface area contributed by atoms with Gasteiger partial charge in [0.2, 0.25) is 0 Å². The van der Waals surface area contributed by atoms with Crippen LogP contribution in [0.1, 0.15) is 47.5 Å². The number of hydrogen-bond donors (Lipinski definition) is 2. The summed E-state index contributed by atoms with van der Waals surface area (Å²) in [6.45, 7) is 13.6. The lowest BCUT2D eigenvalue weighted by Gasteiger charge is -2.54. The zero-order valence-corrected chi connectivity index (χ0v) is 15.7. The second-order valence-electron chi connectivity index (χ2n) is 7.71. The van der Waals surface area contributed by atoms with Crippen molar-refractivity contribution in [3.05, 3.63) is 0 Å². The Balaban J connectivity index is 1.80. The van der Waals surface area contributed by atoms with Gasteiger partial charge in [-0.2, -0.15) is 0 Å². The Hall–Kier alpha value is -0.810. The summed E-state index contributed by atoms with van der Waals surface area (Å²) in [5, 5.41) is 7.07. The van der Waals surface area contributed by atoms with E-state index in [2.05, 4.69) is 50.2 Å². The first-order valence-electron chi connectivity index (χ1n) is 9.12. The van der Waals surface area contributed by atoms with Crippen molar-refractivity contribution in [2.24, 2.45) is 22.2 Å². The topological polar surface area (TPSA) is 54.9 Å². The van der Waals surface area contributed by atoms with E-state index in [9.17, 15) is 0 Å². The van der Waals surface area contributed by atoms with E-state index in [0.29, 0.717) is 30.1 Å². The third-order valence-electron chi connectivity index (χ3n) is 5.46. The maximum absolute atomic E-state index is 5.86. The molecule has 0 bridgehead atoms. The first-order chi connectivity index (χ1) is 10.9. The molecule has 1 heterocycles. The van der Waals surface area contributed by atoms with Crippen molar-refractivity contribution in [3.8, 4) is 0 Å². The average Bonchev–Trinajstić information content (AvgIpc) is 2.96. The fraction of sp³-hybridized carbons (Fsp3) is 0.944. The smallest absolute Gasteiger partial charge is 0.191 e. The van der Waals surface area contributed by atoms with Gasteiger partial charge in [-0.3, -0.25) is 4.99 Å². The molecule has 0 amide bonds. The van der Waals surface area contributed by atoms with E-state index in [-0.39, 0.29) is 5.41 Å². The molecule has 1 aliphatic carbocycles. The zero-order chi connectivity index (χ0) is 17.0. The molecule has 134 valence electrons. The van der Waals surface area contributed by atoms with E-state index < -0.39 is 0 Å². The van der Waals surface area contributed by atoms with Crippen molar-refractivity contribution in [2.75, 3.05) is 26.8 Å². The largest absolute Gasteiger partial charge is 0.378 e. The minimum absolute atomic E-state index is 0.171. The van der Waals surface area contributed by atoms with Gasteiger partial charge in [-0.25, -0.2) is 0 Å². The molecule has 4 atom stereocenters. The molecule has 1 saturated carbocycles. The van der Waals surface area contributed by atoms with Crippen LogP contribution in [0.5, 0.6) is 0 Å². The van der Waals surface area contributed by atoms with Crippen LogP contribution in [0.25, 0.3) is 0 Å². The van der Waals surface area contributed by atoms with Crippen LogP contribution in [0.2, 0.25) is 0 Å². The molecule has 5 nitrogen and oxygen atoms in total. The van der Waals surface area contributed by atoms with Crippen LogP contribution in [0.3, 0.4) is 0 Å². The first-order valence-corrected chi connectivity index (χ1v) is 9.12. The van der Waals surface area contributed by atoms with Gasteiger partial charge in [-0.05, 0) is 25.7 Å². The Bertz CT molecular complexity index is 409. The molecule has 0 aromatic carbocycles. The Labute approximate surface area is 141 Å². The maximum atomic E-state index is 5.86. The summed E-state index contributed by atoms with van der Waals surface area (Å²) in [4.78, 5) is 4.39. The van der Waals surface area contributed by atoms with Crippen molar-refractivity contribution in [1.29, 1.82) is 0 Å². The number of fused-ring (bicyclic) bond motifs is 1. The Kier molecular flexibility index (Phi) is 6.32. The highest BCUT2D eigenvalue weighted by Crippen LogP contribution is 2.52. The minimum atomic E-state index is 0.171. The maximum Gasteiger partial charge on any atom is 0.191 e. The lowest BCUT2D eigenvalue weighted by Crippen LogP contribution is -2.68. The van der Waals surface area contributed by atoms with Crippen molar-refractivity contribution < 1.29 is 9.47 Å². The first kappa shape index (κ1) is 18.5. The van der Waals surface area contributed by atoms with Crippen LogP contribution in [0, 0.1) is 17.3 Å². The third kappa shape index (κ3) is 4.00. The predicted molar refractivity (Wildman–Crippen MR) is 94.8 cm³/mol. The van der Waals surface area contributed by atoms with Gasteiger partial charge < -0.3 is 20.1 Å². The van der Waals surface area contributed by atoms with E-state index in [1.165, 1.54) is 0 Å². The summed E-state index contributed by atoms with van der Waals surface area (Å²) >= 11 is 0. The van der Waals surface area contributed by atoms with E-state index >= 15 is 0 Å². The van der Waals surface area contributed by atoms with Gasteiger partial charge in [0.15, 0.2) is 5.96 Å². The van der Waals surface area contributed by atoms with Gasteiger partial charge in [0, 0.05) is 44.2 Å². The van der Waals surface area contributed by atoms with Gasteiger partial charge in [0.05, 0.1) is 12.2 Å². The molecule has 2 N–H and O–H groups in total. The van der Waals surface area contributed by atoms with Crippen molar-refractivity contribution >= 4 is 5.96 Å². The summed E-state index contributed by atoms with van der Waals surface area (Å²) in [6, 6.07) is 0.439. The molecule has 0 aromatic heterocycles. The van der Waals surface area contributed by atoms with Crippen LogP contribution < -0.4 is 10.6 Å². The molecule has 23 heavy (non-hydrogen) atoms. The fourth-order valence-corrected chi connectivity index (χ4v) is 4.12. The number of rotatable bonds is 7. The Morgan fingerprint density at radius 1 is 1.39 bits per heavy atom. The van der Waals surface area contributed by atoms with Gasteiger partial charge >= 0.3 is 0 Å². The molecule has 1 aliphatic heterocycles. The quantitative estimate of drug-likeness (QED) is 0.557. The van der Waals surface area contributed by atoms with Gasteiger partial charge in [0.1, 0.15) is 0 Å². The summed E-state index contributed by atoms with van der Waals surface area (Å²) in [6.07, 6.45) is 2.86. The zero-order valence-electron chi connectivity index (χ0n) is 15.7. The van der Waals surface area contributed by atoms with E-state index in [4.69, 9.17) is 9.47 Å². The molecule has 5 heteroatoms. The van der Waals surface area contributed by atoms with Crippen molar-refractivity contribution in [1.82, 2.24) is 10.6 Å². The van der Waals surface area contributed by atoms with Gasteiger partial charge in [-0.1, -0.05) is 27.7 Å². The lowest BCUT2D eigenvalue weighted by molar-refractivity contribution is -0.106. The molecule has 0 spiro atoms. The van der Waals surface area contributed by atoms with Crippen LogP contribution >= 0.6 is 0 Å². The highest BCUT2D eigenvalue weighted by atomic mass is 16.5. The summed E-state index contributed by atoms with van der Waals surface area (Å²) in [7, 11) is 1.84. The average molecular weight is 325 g/mol. The van der Waals surface area contributed by atoms with E-state index in [1.807, 2.05) is 7.05 Å². The standard InChI is InChI=1S/C18H35N3O2/c1-7-22-14(12(2)3)8-10-20-17(19-6)21-15-13-9-11-23-16(13)18(15,4)5/h12-16H,7-11H2,1-6H3,(H2,19,20,21). The van der Waals surface area contributed by atoms with Crippen LogP contribution in [0.15, 0.2) is 4.99 Å². The predicted octanol–water partition coefficient (Wildman–Crippen LogP) is 2.42. The number of nitrogens with zero attached hydrogens (tertiary/aromatic N) is 1. The second kappa shape index (κ2) is 7.84. The molecule has 2 fully saturated rings. The van der Waals surface area contributed by atoms with Crippen LogP contribution in [0.4, 0.5) is 0 Å². The summed E-state index contributed by atoms with van der Waals surface area (Å²) < 4.78 is 11.7. The Morgan fingerprint density at radius 3 is 2.74 bits per heavy atom. The minimum Gasteiger partial charge on any atom is -0.378 e. The van der Waals surface area contributed by atoms with Crippen LogP contribution in [-0.4, -0.2) is 51.0 Å².